The van der Waals surface area contributed by atoms with Crippen molar-refractivity contribution in [2.75, 3.05) is 4.90 Å². The predicted molar refractivity (Wildman–Crippen MR) is 102 cm³/mol. The summed E-state index contributed by atoms with van der Waals surface area (Å²) in [6.07, 6.45) is 0. The average molecular weight is 313 g/mol. The summed E-state index contributed by atoms with van der Waals surface area (Å²) in [5.41, 5.74) is 6.59. The number of anilines is 2. The molecule has 0 N–H and O–H groups in total. The summed E-state index contributed by atoms with van der Waals surface area (Å²) in [6, 6.07) is 29.0. The lowest BCUT2D eigenvalue weighted by molar-refractivity contribution is 0.653. The van der Waals surface area contributed by atoms with Gasteiger partial charge in [0.2, 0.25) is 0 Å². The summed E-state index contributed by atoms with van der Waals surface area (Å²) >= 11 is 0. The van der Waals surface area contributed by atoms with Crippen molar-refractivity contribution >= 4 is 11.4 Å². The highest BCUT2D eigenvalue weighted by Gasteiger charge is 2.41. The van der Waals surface area contributed by atoms with Gasteiger partial charge < -0.3 is 4.90 Å². The largest absolute Gasteiger partial charge is 0.338 e. The van der Waals surface area contributed by atoms with Gasteiger partial charge >= 0.3 is 0 Å². The lowest BCUT2D eigenvalue weighted by Crippen LogP contribution is -2.38. The minimum absolute atomic E-state index is 0.139. The molecule has 1 nitrogen and oxygen atoms in total. The Bertz CT molecular complexity index is 816. The van der Waals surface area contributed by atoms with Crippen LogP contribution in [0.4, 0.5) is 11.4 Å². The third kappa shape index (κ3) is 2.01. The maximum atomic E-state index is 2.47. The molecule has 0 saturated heterocycles. The zero-order valence-electron chi connectivity index (χ0n) is 14.5. The van der Waals surface area contributed by atoms with Gasteiger partial charge in [0.25, 0.3) is 0 Å². The van der Waals surface area contributed by atoms with E-state index >= 15 is 0 Å². The van der Waals surface area contributed by atoms with Gasteiger partial charge in [0.1, 0.15) is 0 Å². The van der Waals surface area contributed by atoms with Gasteiger partial charge in [-0.1, -0.05) is 66.7 Å². The third-order valence-electron chi connectivity index (χ3n) is 5.27. The van der Waals surface area contributed by atoms with E-state index in [4.69, 9.17) is 0 Å². The van der Waals surface area contributed by atoms with E-state index in [2.05, 4.69) is 105 Å². The van der Waals surface area contributed by atoms with Crippen LogP contribution in [-0.2, 0) is 5.41 Å². The molecule has 0 amide bonds. The molecular formula is C23H23N. The SMILES string of the molecule is CC(C)N1c2ccccc2C(C)(c2ccccc2)c2ccccc21. The monoisotopic (exact) mass is 313 g/mol. The van der Waals surface area contributed by atoms with Crippen LogP contribution >= 0.6 is 0 Å². The van der Waals surface area contributed by atoms with Crippen molar-refractivity contribution in [1.29, 1.82) is 0 Å². The molecule has 120 valence electrons. The molecule has 0 aromatic heterocycles. The maximum absolute atomic E-state index is 2.47. The van der Waals surface area contributed by atoms with Crippen molar-refractivity contribution in [2.45, 2.75) is 32.2 Å². The zero-order chi connectivity index (χ0) is 16.7. The minimum Gasteiger partial charge on any atom is -0.338 e. The molecule has 4 rings (SSSR count). The van der Waals surface area contributed by atoms with E-state index < -0.39 is 0 Å². The Morgan fingerprint density at radius 1 is 0.667 bits per heavy atom. The molecular weight excluding hydrogens is 290 g/mol. The Morgan fingerprint density at radius 3 is 1.62 bits per heavy atom. The Morgan fingerprint density at radius 2 is 1.12 bits per heavy atom. The van der Waals surface area contributed by atoms with Crippen LogP contribution in [0.1, 0.15) is 37.5 Å². The van der Waals surface area contributed by atoms with E-state index in [0.717, 1.165) is 0 Å². The van der Waals surface area contributed by atoms with Crippen LogP contribution in [0.25, 0.3) is 0 Å². The Labute approximate surface area is 144 Å². The van der Waals surface area contributed by atoms with Gasteiger partial charge in [0.15, 0.2) is 0 Å². The number of hydrogen-bond acceptors (Lipinski definition) is 1. The van der Waals surface area contributed by atoms with Gasteiger partial charge in [-0.25, -0.2) is 0 Å². The molecule has 24 heavy (non-hydrogen) atoms. The summed E-state index contributed by atoms with van der Waals surface area (Å²) in [5, 5.41) is 0. The Hall–Kier alpha value is -2.54. The molecule has 0 atom stereocenters. The average Bonchev–Trinajstić information content (AvgIpc) is 2.62. The summed E-state index contributed by atoms with van der Waals surface area (Å²) in [6.45, 7) is 6.88. The highest BCUT2D eigenvalue weighted by molar-refractivity contribution is 5.80. The van der Waals surface area contributed by atoms with E-state index in [1.54, 1.807) is 0 Å². The van der Waals surface area contributed by atoms with Gasteiger partial charge in [-0.3, -0.25) is 0 Å². The first-order chi connectivity index (χ1) is 11.6. The lowest BCUT2D eigenvalue weighted by atomic mass is 9.67. The molecule has 0 spiro atoms. The highest BCUT2D eigenvalue weighted by atomic mass is 15.2. The first kappa shape index (κ1) is 15.0. The summed E-state index contributed by atoms with van der Waals surface area (Å²) < 4.78 is 0. The highest BCUT2D eigenvalue weighted by Crippen LogP contribution is 2.52. The van der Waals surface area contributed by atoms with Crippen molar-refractivity contribution in [1.82, 2.24) is 0 Å². The number of hydrogen-bond donors (Lipinski definition) is 0. The fourth-order valence-electron chi connectivity index (χ4n) is 4.13. The smallest absolute Gasteiger partial charge is 0.0464 e. The van der Waals surface area contributed by atoms with Gasteiger partial charge in [-0.05, 0) is 49.6 Å². The fourth-order valence-corrected chi connectivity index (χ4v) is 4.13. The van der Waals surface area contributed by atoms with Crippen molar-refractivity contribution in [3.05, 3.63) is 95.6 Å². The first-order valence-corrected chi connectivity index (χ1v) is 8.68. The molecule has 0 bridgehead atoms. The van der Waals surface area contributed by atoms with Crippen molar-refractivity contribution in [3.8, 4) is 0 Å². The summed E-state index contributed by atoms with van der Waals surface area (Å²) in [5.74, 6) is 0. The van der Waals surface area contributed by atoms with Gasteiger partial charge in [0, 0.05) is 22.8 Å². The molecule has 1 heteroatoms. The third-order valence-corrected chi connectivity index (χ3v) is 5.27. The topological polar surface area (TPSA) is 3.24 Å². The van der Waals surface area contributed by atoms with Crippen LogP contribution in [0.5, 0.6) is 0 Å². The summed E-state index contributed by atoms with van der Waals surface area (Å²) in [4.78, 5) is 2.47. The number of rotatable bonds is 2. The van der Waals surface area contributed by atoms with Crippen molar-refractivity contribution in [3.63, 3.8) is 0 Å². The van der Waals surface area contributed by atoms with Crippen LogP contribution < -0.4 is 4.90 Å². The van der Waals surface area contributed by atoms with Crippen LogP contribution in [-0.4, -0.2) is 6.04 Å². The van der Waals surface area contributed by atoms with Crippen LogP contribution in [0, 0.1) is 0 Å². The summed E-state index contributed by atoms with van der Waals surface area (Å²) in [7, 11) is 0. The van der Waals surface area contributed by atoms with Gasteiger partial charge in [0.05, 0.1) is 0 Å². The fraction of sp³-hybridized carbons (Fsp3) is 0.217. The minimum atomic E-state index is -0.139. The maximum Gasteiger partial charge on any atom is 0.0464 e. The van der Waals surface area contributed by atoms with Gasteiger partial charge in [-0.15, -0.1) is 0 Å². The molecule has 3 aromatic carbocycles. The van der Waals surface area contributed by atoms with E-state index in [1.165, 1.54) is 28.1 Å². The van der Waals surface area contributed by atoms with E-state index in [-0.39, 0.29) is 5.41 Å². The van der Waals surface area contributed by atoms with E-state index in [9.17, 15) is 0 Å². The second-order valence-corrected chi connectivity index (χ2v) is 6.99. The lowest BCUT2D eigenvalue weighted by Gasteiger charge is -2.45. The van der Waals surface area contributed by atoms with E-state index in [0.29, 0.717) is 6.04 Å². The number of nitrogens with zero attached hydrogens (tertiary/aromatic N) is 1. The molecule has 1 heterocycles. The molecule has 1 aliphatic rings. The van der Waals surface area contributed by atoms with Gasteiger partial charge in [-0.2, -0.15) is 0 Å². The standard InChI is InChI=1S/C23H23N/c1-17(2)24-21-15-9-7-13-19(21)23(3,18-11-5-4-6-12-18)20-14-8-10-16-22(20)24/h4-17H,1-3H3. The number of benzene rings is 3. The Balaban J connectivity index is 2.09. The molecule has 0 saturated carbocycles. The number of fused-ring (bicyclic) bond motifs is 2. The quantitative estimate of drug-likeness (QED) is 0.569. The molecule has 3 aromatic rings. The molecule has 0 fully saturated rings. The molecule has 0 unspecified atom stereocenters. The zero-order valence-corrected chi connectivity index (χ0v) is 14.5. The molecule has 0 aliphatic carbocycles. The second-order valence-electron chi connectivity index (χ2n) is 6.99. The molecule has 0 radical (unpaired) electrons. The van der Waals surface area contributed by atoms with Crippen molar-refractivity contribution < 1.29 is 0 Å². The van der Waals surface area contributed by atoms with E-state index in [1.807, 2.05) is 0 Å². The predicted octanol–water partition coefficient (Wildman–Crippen LogP) is 5.90. The first-order valence-electron chi connectivity index (χ1n) is 8.68. The van der Waals surface area contributed by atoms with Crippen LogP contribution in [0.15, 0.2) is 78.9 Å². The molecule has 1 aliphatic heterocycles. The Kier molecular flexibility index (Phi) is 3.45. The van der Waals surface area contributed by atoms with Crippen LogP contribution in [0.3, 0.4) is 0 Å². The van der Waals surface area contributed by atoms with Crippen LogP contribution in [0.2, 0.25) is 0 Å². The number of para-hydroxylation sites is 2. The van der Waals surface area contributed by atoms with Crippen molar-refractivity contribution in [2.24, 2.45) is 0 Å². The normalized spacial score (nSPS) is 15.1. The second kappa shape index (κ2) is 5.52.